The summed E-state index contributed by atoms with van der Waals surface area (Å²) in [4.78, 5) is 18.0. The normalized spacial score (nSPS) is 10.9. The van der Waals surface area contributed by atoms with E-state index < -0.39 is 0 Å². The summed E-state index contributed by atoms with van der Waals surface area (Å²) in [5.74, 6) is -0.156. The van der Waals surface area contributed by atoms with E-state index in [4.69, 9.17) is 0 Å². The molecule has 0 spiro atoms. The number of benzene rings is 1. The highest BCUT2D eigenvalue weighted by molar-refractivity contribution is 7.13. The summed E-state index contributed by atoms with van der Waals surface area (Å²) < 4.78 is 1.92. The molecular weight excluding hydrogens is 376 g/mol. The fourth-order valence-corrected chi connectivity index (χ4v) is 4.23. The lowest BCUT2D eigenvalue weighted by atomic mass is 10.2. The summed E-state index contributed by atoms with van der Waals surface area (Å²) >= 11 is 3.15. The van der Waals surface area contributed by atoms with Crippen molar-refractivity contribution in [1.82, 2.24) is 20.1 Å². The monoisotopic (exact) mass is 394 g/mol. The molecule has 136 valence electrons. The molecule has 0 unspecified atom stereocenters. The Morgan fingerprint density at radius 1 is 1.15 bits per heavy atom. The quantitative estimate of drug-likeness (QED) is 0.525. The molecule has 0 aliphatic carbocycles. The molecule has 5 nitrogen and oxygen atoms in total. The first-order chi connectivity index (χ1) is 13.2. The number of aromatic nitrogens is 3. The second kappa shape index (κ2) is 7.85. The van der Waals surface area contributed by atoms with Crippen molar-refractivity contribution >= 4 is 28.6 Å². The van der Waals surface area contributed by atoms with Gasteiger partial charge >= 0.3 is 0 Å². The molecule has 0 radical (unpaired) electrons. The van der Waals surface area contributed by atoms with Gasteiger partial charge in [-0.15, -0.1) is 22.7 Å². The summed E-state index contributed by atoms with van der Waals surface area (Å²) in [5, 5.41) is 12.2. The standard InChI is InChI=1S/C20H18N4OS2/c1-14-12-16(18-8-5-11-26-18)23-24(14)10-9-21-19(25)17-13-27-20(22-17)15-6-3-2-4-7-15/h2-8,11-13H,9-10H2,1H3,(H,21,25). The van der Waals surface area contributed by atoms with Crippen molar-refractivity contribution in [3.8, 4) is 21.1 Å². The largest absolute Gasteiger partial charge is 0.349 e. The average molecular weight is 395 g/mol. The van der Waals surface area contributed by atoms with Crippen LogP contribution in [0.3, 0.4) is 0 Å². The molecule has 0 aliphatic heterocycles. The zero-order valence-electron chi connectivity index (χ0n) is 14.8. The van der Waals surface area contributed by atoms with E-state index >= 15 is 0 Å². The van der Waals surface area contributed by atoms with Crippen LogP contribution in [-0.2, 0) is 6.54 Å². The fraction of sp³-hybridized carbons (Fsp3) is 0.150. The summed E-state index contributed by atoms with van der Waals surface area (Å²) in [6.07, 6.45) is 0. The van der Waals surface area contributed by atoms with Gasteiger partial charge in [-0.2, -0.15) is 5.10 Å². The fourth-order valence-electron chi connectivity index (χ4n) is 2.74. The van der Waals surface area contributed by atoms with Crippen LogP contribution in [0.5, 0.6) is 0 Å². The number of thiazole rings is 1. The molecule has 1 aromatic carbocycles. The molecule has 3 heterocycles. The van der Waals surface area contributed by atoms with Crippen molar-refractivity contribution < 1.29 is 4.79 Å². The van der Waals surface area contributed by atoms with Gasteiger partial charge in [-0.25, -0.2) is 4.98 Å². The number of carbonyl (C=O) groups is 1. The number of hydrogen-bond donors (Lipinski definition) is 1. The molecule has 0 saturated heterocycles. The Bertz CT molecular complexity index is 1040. The molecule has 4 aromatic rings. The Balaban J connectivity index is 1.36. The molecule has 4 rings (SSSR count). The third kappa shape index (κ3) is 3.99. The molecule has 7 heteroatoms. The van der Waals surface area contributed by atoms with Crippen LogP contribution in [0.1, 0.15) is 16.2 Å². The van der Waals surface area contributed by atoms with E-state index in [1.54, 1.807) is 16.7 Å². The second-order valence-corrected chi connectivity index (χ2v) is 7.84. The van der Waals surface area contributed by atoms with Gasteiger partial charge < -0.3 is 5.32 Å². The van der Waals surface area contributed by atoms with Crippen molar-refractivity contribution in [3.63, 3.8) is 0 Å². The summed E-state index contributed by atoms with van der Waals surface area (Å²) in [6, 6.07) is 16.0. The van der Waals surface area contributed by atoms with Gasteiger partial charge in [0.25, 0.3) is 5.91 Å². The van der Waals surface area contributed by atoms with E-state index in [0.717, 1.165) is 26.8 Å². The van der Waals surface area contributed by atoms with Crippen molar-refractivity contribution in [1.29, 1.82) is 0 Å². The number of hydrogen-bond acceptors (Lipinski definition) is 5. The van der Waals surface area contributed by atoms with Crippen LogP contribution in [0.4, 0.5) is 0 Å². The number of nitrogens with one attached hydrogen (secondary N) is 1. The van der Waals surface area contributed by atoms with Crippen molar-refractivity contribution in [2.45, 2.75) is 13.5 Å². The van der Waals surface area contributed by atoms with E-state index in [1.807, 2.05) is 53.4 Å². The smallest absolute Gasteiger partial charge is 0.270 e. The maximum absolute atomic E-state index is 12.4. The van der Waals surface area contributed by atoms with Crippen LogP contribution in [0.25, 0.3) is 21.1 Å². The third-order valence-corrected chi connectivity index (χ3v) is 5.91. The maximum Gasteiger partial charge on any atom is 0.270 e. The molecule has 0 aliphatic rings. The highest BCUT2D eigenvalue weighted by Crippen LogP contribution is 2.24. The van der Waals surface area contributed by atoms with Crippen LogP contribution >= 0.6 is 22.7 Å². The second-order valence-electron chi connectivity index (χ2n) is 6.03. The number of rotatable bonds is 6. The van der Waals surface area contributed by atoms with Gasteiger partial charge in [-0.3, -0.25) is 9.48 Å². The van der Waals surface area contributed by atoms with Crippen molar-refractivity contribution in [2.24, 2.45) is 0 Å². The lowest BCUT2D eigenvalue weighted by molar-refractivity contribution is 0.0947. The highest BCUT2D eigenvalue weighted by atomic mass is 32.1. The zero-order valence-corrected chi connectivity index (χ0v) is 16.4. The topological polar surface area (TPSA) is 59.8 Å². The van der Waals surface area contributed by atoms with E-state index in [0.29, 0.717) is 18.8 Å². The minimum absolute atomic E-state index is 0.156. The summed E-state index contributed by atoms with van der Waals surface area (Å²) in [6.45, 7) is 3.15. The van der Waals surface area contributed by atoms with Gasteiger partial charge in [0, 0.05) is 23.2 Å². The van der Waals surface area contributed by atoms with Crippen molar-refractivity contribution in [2.75, 3.05) is 6.54 Å². The number of aryl methyl sites for hydroxylation is 1. The Labute approximate surface area is 165 Å². The molecule has 0 fully saturated rings. The van der Waals surface area contributed by atoms with E-state index in [2.05, 4.69) is 27.5 Å². The Morgan fingerprint density at radius 2 is 2.00 bits per heavy atom. The molecular formula is C20H18N4OS2. The molecule has 27 heavy (non-hydrogen) atoms. The minimum Gasteiger partial charge on any atom is -0.349 e. The minimum atomic E-state index is -0.156. The lowest BCUT2D eigenvalue weighted by Gasteiger charge is -2.05. The van der Waals surface area contributed by atoms with Crippen LogP contribution < -0.4 is 5.32 Å². The third-order valence-electron chi connectivity index (χ3n) is 4.12. The Kier molecular flexibility index (Phi) is 5.13. The van der Waals surface area contributed by atoms with Crippen LogP contribution in [-0.4, -0.2) is 27.2 Å². The number of nitrogens with zero attached hydrogens (tertiary/aromatic N) is 3. The molecule has 0 bridgehead atoms. The van der Waals surface area contributed by atoms with Crippen LogP contribution in [0.15, 0.2) is 59.3 Å². The Hall–Kier alpha value is -2.77. The molecule has 1 N–H and O–H groups in total. The van der Waals surface area contributed by atoms with E-state index in [9.17, 15) is 4.79 Å². The van der Waals surface area contributed by atoms with Crippen molar-refractivity contribution in [3.05, 3.63) is 70.7 Å². The Morgan fingerprint density at radius 3 is 2.78 bits per heavy atom. The molecule has 1 amide bonds. The first-order valence-corrected chi connectivity index (χ1v) is 10.3. The van der Waals surface area contributed by atoms with E-state index in [1.165, 1.54) is 11.3 Å². The van der Waals surface area contributed by atoms with Crippen LogP contribution in [0, 0.1) is 6.92 Å². The number of thiophene rings is 1. The SMILES string of the molecule is Cc1cc(-c2cccs2)nn1CCNC(=O)c1csc(-c2ccccc2)n1. The predicted molar refractivity (Wildman–Crippen MR) is 110 cm³/mol. The zero-order chi connectivity index (χ0) is 18.6. The van der Waals surface area contributed by atoms with Gasteiger partial charge in [0.1, 0.15) is 16.4 Å². The molecule has 0 atom stereocenters. The van der Waals surface area contributed by atoms with Crippen LogP contribution in [0.2, 0.25) is 0 Å². The number of amides is 1. The summed E-state index contributed by atoms with van der Waals surface area (Å²) in [5.41, 5.74) is 3.53. The number of carbonyl (C=O) groups excluding carboxylic acids is 1. The average Bonchev–Trinajstić information content (AvgIpc) is 3.44. The highest BCUT2D eigenvalue weighted by Gasteiger charge is 2.12. The molecule has 3 aromatic heterocycles. The van der Waals surface area contributed by atoms with Gasteiger partial charge in [-0.1, -0.05) is 36.4 Å². The van der Waals surface area contributed by atoms with Gasteiger partial charge in [0.15, 0.2) is 0 Å². The van der Waals surface area contributed by atoms with E-state index in [-0.39, 0.29) is 5.91 Å². The first-order valence-electron chi connectivity index (χ1n) is 8.58. The van der Waals surface area contributed by atoms with Gasteiger partial charge in [-0.05, 0) is 24.4 Å². The van der Waals surface area contributed by atoms with Gasteiger partial charge in [0.05, 0.1) is 11.4 Å². The molecule has 0 saturated carbocycles. The first kappa shape index (κ1) is 17.6. The lowest BCUT2D eigenvalue weighted by Crippen LogP contribution is -2.28. The summed E-state index contributed by atoms with van der Waals surface area (Å²) in [7, 11) is 0. The maximum atomic E-state index is 12.4. The van der Waals surface area contributed by atoms with Gasteiger partial charge in [0.2, 0.25) is 0 Å². The predicted octanol–water partition coefficient (Wildman–Crippen LogP) is 4.47.